The Morgan fingerprint density at radius 1 is 1.03 bits per heavy atom. The molecule has 0 bridgehead atoms. The summed E-state index contributed by atoms with van der Waals surface area (Å²) in [7, 11) is 0. The number of anilines is 1. The van der Waals surface area contributed by atoms with Gasteiger partial charge >= 0.3 is 0 Å². The molecule has 0 saturated carbocycles. The van der Waals surface area contributed by atoms with Crippen LogP contribution in [-0.4, -0.2) is 40.1 Å². The minimum absolute atomic E-state index is 0.285. The van der Waals surface area contributed by atoms with E-state index < -0.39 is 35.3 Å². The predicted molar refractivity (Wildman–Crippen MR) is 120 cm³/mol. The zero-order valence-electron chi connectivity index (χ0n) is 17.9. The summed E-state index contributed by atoms with van der Waals surface area (Å²) in [4.78, 5) is 44.0. The summed E-state index contributed by atoms with van der Waals surface area (Å²) in [5, 5.41) is 0.286. The van der Waals surface area contributed by atoms with E-state index in [0.717, 1.165) is 0 Å². The molecule has 3 aliphatic heterocycles. The molecule has 2 fully saturated rings. The van der Waals surface area contributed by atoms with E-state index in [4.69, 9.17) is 11.6 Å². The van der Waals surface area contributed by atoms with Gasteiger partial charge < -0.3 is 4.90 Å². The highest BCUT2D eigenvalue weighted by molar-refractivity contribution is 6.34. The average Bonchev–Trinajstić information content (AvgIpc) is 3.20. The fraction of sp³-hybridized carbons (Fsp3) is 0.320. The van der Waals surface area contributed by atoms with Crippen LogP contribution in [0.1, 0.15) is 36.7 Å². The molecule has 0 spiro atoms. The molecule has 0 radical (unpaired) electrons. The van der Waals surface area contributed by atoms with Crippen molar-refractivity contribution in [1.82, 2.24) is 4.90 Å². The van der Waals surface area contributed by atoms with Crippen LogP contribution >= 0.6 is 11.6 Å². The van der Waals surface area contributed by atoms with E-state index >= 15 is 0 Å². The molecule has 0 unspecified atom stereocenters. The van der Waals surface area contributed by atoms with Crippen molar-refractivity contribution in [2.45, 2.75) is 38.4 Å². The number of Topliss-reactive ketones (excluding diaryl/α,β-unsaturated/α-hetero) is 1. The van der Waals surface area contributed by atoms with Crippen molar-refractivity contribution in [3.8, 4) is 0 Å². The molecule has 3 aliphatic rings. The summed E-state index contributed by atoms with van der Waals surface area (Å²) in [6.07, 6.45) is 3.56. The van der Waals surface area contributed by atoms with E-state index in [2.05, 4.69) is 0 Å². The van der Waals surface area contributed by atoms with E-state index in [-0.39, 0.29) is 22.6 Å². The molecular weight excluding hydrogens is 431 g/mol. The molecule has 2 aromatic rings. The Labute approximate surface area is 190 Å². The lowest BCUT2D eigenvalue weighted by Crippen LogP contribution is -2.52. The van der Waals surface area contributed by atoms with Crippen LogP contribution in [0.3, 0.4) is 0 Å². The highest BCUT2D eigenvalue weighted by atomic mass is 35.5. The lowest BCUT2D eigenvalue weighted by Gasteiger charge is -2.38. The van der Waals surface area contributed by atoms with Gasteiger partial charge in [0, 0.05) is 22.4 Å². The summed E-state index contributed by atoms with van der Waals surface area (Å²) in [5.41, 5.74) is 0.819. The zero-order chi connectivity index (χ0) is 22.9. The average molecular weight is 453 g/mol. The monoisotopic (exact) mass is 452 g/mol. The quantitative estimate of drug-likeness (QED) is 0.502. The van der Waals surface area contributed by atoms with Crippen LogP contribution in [0.5, 0.6) is 0 Å². The molecule has 7 heteroatoms. The van der Waals surface area contributed by atoms with Crippen molar-refractivity contribution in [2.75, 3.05) is 4.90 Å². The number of carbonyl (C=O) groups is 3. The van der Waals surface area contributed by atoms with Gasteiger partial charge in [-0.25, -0.2) is 4.39 Å². The Bertz CT molecular complexity index is 1200. The number of fused-ring (bicyclic) bond motifs is 5. The second kappa shape index (κ2) is 7.01. The molecule has 0 aliphatic carbocycles. The molecule has 2 amide bonds. The summed E-state index contributed by atoms with van der Waals surface area (Å²) in [6.45, 7) is 5.42. The molecular formula is C25H22ClFN2O3. The van der Waals surface area contributed by atoms with Crippen LogP contribution in [0.25, 0.3) is 6.08 Å². The van der Waals surface area contributed by atoms with Crippen molar-refractivity contribution in [3.63, 3.8) is 0 Å². The maximum atomic E-state index is 13.9. The molecule has 5 nitrogen and oxygen atoms in total. The number of ketones is 1. The standard InChI is InChI=1S/C25H22ClFN2O3/c1-25(2,3)29-23(31)19-18-10-8-13-12-14(27)9-11-17(13)28(18)21(20(19)24(29)32)22(30)15-6-4-5-7-16(15)26/h4-12,18-21H,1-3H3/t18-,19+,20-,21+/m1/s1. The predicted octanol–water partition coefficient (Wildman–Crippen LogP) is 4.35. The Hall–Kier alpha value is -2.99. The van der Waals surface area contributed by atoms with E-state index in [1.54, 1.807) is 63.3 Å². The molecule has 3 heterocycles. The van der Waals surface area contributed by atoms with Gasteiger partial charge in [0.1, 0.15) is 11.9 Å². The van der Waals surface area contributed by atoms with Gasteiger partial charge in [0.2, 0.25) is 11.8 Å². The highest BCUT2D eigenvalue weighted by Crippen LogP contribution is 2.50. The first-order valence-corrected chi connectivity index (χ1v) is 10.9. The van der Waals surface area contributed by atoms with E-state index in [1.165, 1.54) is 17.0 Å². The number of nitrogens with zero attached hydrogens (tertiary/aromatic N) is 2. The lowest BCUT2D eigenvalue weighted by molar-refractivity contribution is -0.145. The number of likely N-dealkylation sites (tertiary alicyclic amines) is 1. The van der Waals surface area contributed by atoms with Gasteiger partial charge in [0.05, 0.1) is 22.9 Å². The fourth-order valence-corrected chi connectivity index (χ4v) is 5.55. The number of amides is 2. The van der Waals surface area contributed by atoms with Gasteiger partial charge in [0.15, 0.2) is 5.78 Å². The minimum Gasteiger partial charge on any atom is -0.352 e. The molecule has 32 heavy (non-hydrogen) atoms. The Morgan fingerprint density at radius 2 is 1.72 bits per heavy atom. The SMILES string of the molecule is CC(C)(C)N1C(=O)[C@@H]2[C@@H](C1=O)[C@@H](C(=O)c1ccccc1Cl)N1c3ccc(F)cc3C=C[C@H]21. The second-order valence-electron chi connectivity index (χ2n) is 9.48. The number of hydrogen-bond donors (Lipinski definition) is 0. The fourth-order valence-electron chi connectivity index (χ4n) is 5.33. The third-order valence-corrected chi connectivity index (χ3v) is 6.88. The largest absolute Gasteiger partial charge is 0.352 e. The van der Waals surface area contributed by atoms with Crippen molar-refractivity contribution in [3.05, 3.63) is 70.5 Å². The zero-order valence-corrected chi connectivity index (χ0v) is 18.6. The third-order valence-electron chi connectivity index (χ3n) is 6.55. The summed E-state index contributed by atoms with van der Waals surface area (Å²) in [6, 6.07) is 9.59. The van der Waals surface area contributed by atoms with Crippen LogP contribution in [0.2, 0.25) is 5.02 Å². The molecule has 0 N–H and O–H groups in total. The molecule has 0 aromatic heterocycles. The number of hydrogen-bond acceptors (Lipinski definition) is 4. The van der Waals surface area contributed by atoms with Crippen LogP contribution in [-0.2, 0) is 9.59 Å². The van der Waals surface area contributed by atoms with Crippen LogP contribution < -0.4 is 4.90 Å². The maximum absolute atomic E-state index is 13.9. The first-order chi connectivity index (χ1) is 15.1. The van der Waals surface area contributed by atoms with Gasteiger partial charge in [-0.15, -0.1) is 0 Å². The maximum Gasteiger partial charge on any atom is 0.236 e. The summed E-state index contributed by atoms with van der Waals surface area (Å²) in [5.74, 6) is -2.91. The highest BCUT2D eigenvalue weighted by Gasteiger charge is 2.65. The first kappa shape index (κ1) is 20.9. The first-order valence-electron chi connectivity index (χ1n) is 10.5. The van der Waals surface area contributed by atoms with E-state index in [1.807, 2.05) is 4.90 Å². The van der Waals surface area contributed by atoms with Crippen molar-refractivity contribution < 1.29 is 18.8 Å². The number of imide groups is 1. The lowest BCUT2D eigenvalue weighted by atomic mass is 9.86. The molecule has 5 rings (SSSR count). The Balaban J connectivity index is 1.70. The van der Waals surface area contributed by atoms with Crippen molar-refractivity contribution >= 4 is 41.0 Å². The van der Waals surface area contributed by atoms with Gasteiger partial charge in [-0.3, -0.25) is 19.3 Å². The van der Waals surface area contributed by atoms with Gasteiger partial charge in [0.25, 0.3) is 0 Å². The molecule has 2 saturated heterocycles. The van der Waals surface area contributed by atoms with Crippen molar-refractivity contribution in [1.29, 1.82) is 0 Å². The topological polar surface area (TPSA) is 57.7 Å². The molecule has 2 aromatic carbocycles. The smallest absolute Gasteiger partial charge is 0.236 e. The van der Waals surface area contributed by atoms with Gasteiger partial charge in [-0.05, 0) is 51.1 Å². The Morgan fingerprint density at radius 3 is 2.41 bits per heavy atom. The van der Waals surface area contributed by atoms with E-state index in [9.17, 15) is 18.8 Å². The van der Waals surface area contributed by atoms with Gasteiger partial charge in [-0.1, -0.05) is 35.9 Å². The van der Waals surface area contributed by atoms with Crippen LogP contribution in [0.4, 0.5) is 10.1 Å². The number of carbonyl (C=O) groups excluding carboxylic acids is 3. The number of rotatable bonds is 2. The van der Waals surface area contributed by atoms with Crippen molar-refractivity contribution in [2.24, 2.45) is 11.8 Å². The molecule has 164 valence electrons. The Kier molecular flexibility index (Phi) is 4.57. The number of benzene rings is 2. The van der Waals surface area contributed by atoms with Crippen LogP contribution in [0, 0.1) is 17.7 Å². The van der Waals surface area contributed by atoms with Crippen LogP contribution in [0.15, 0.2) is 48.5 Å². The summed E-state index contributed by atoms with van der Waals surface area (Å²) >= 11 is 6.34. The van der Waals surface area contributed by atoms with Gasteiger partial charge in [-0.2, -0.15) is 0 Å². The normalized spacial score (nSPS) is 26.3. The number of halogens is 2. The second-order valence-corrected chi connectivity index (χ2v) is 9.89. The van der Waals surface area contributed by atoms with E-state index in [0.29, 0.717) is 16.8 Å². The molecule has 4 atom stereocenters. The summed E-state index contributed by atoms with van der Waals surface area (Å²) < 4.78 is 13.9. The third kappa shape index (κ3) is 2.85. The minimum atomic E-state index is -0.928.